The van der Waals surface area contributed by atoms with Gasteiger partial charge in [-0.05, 0) is 69.0 Å². The number of nitrogens with zero attached hydrogens (tertiary/aromatic N) is 1. The zero-order valence-electron chi connectivity index (χ0n) is 16.3. The summed E-state index contributed by atoms with van der Waals surface area (Å²) >= 11 is 12.3. The largest absolute Gasteiger partial charge is 0.353 e. The molecule has 3 nitrogen and oxygen atoms in total. The van der Waals surface area contributed by atoms with E-state index < -0.39 is 0 Å². The third kappa shape index (κ3) is 6.23. The fourth-order valence-corrected chi connectivity index (χ4v) is 4.17. The molecule has 1 atom stereocenters. The summed E-state index contributed by atoms with van der Waals surface area (Å²) in [7, 11) is 0. The number of benzene rings is 2. The summed E-state index contributed by atoms with van der Waals surface area (Å²) in [5, 5.41) is 4.57. The molecule has 150 valence electrons. The van der Waals surface area contributed by atoms with Gasteiger partial charge in [0.25, 0.3) is 0 Å². The van der Waals surface area contributed by atoms with Gasteiger partial charge in [-0.15, -0.1) is 0 Å². The molecule has 0 bridgehead atoms. The van der Waals surface area contributed by atoms with Gasteiger partial charge in [-0.3, -0.25) is 9.69 Å². The fourth-order valence-electron chi connectivity index (χ4n) is 3.70. The molecule has 5 heteroatoms. The Morgan fingerprint density at radius 3 is 2.54 bits per heavy atom. The van der Waals surface area contributed by atoms with E-state index in [0.29, 0.717) is 10.0 Å². The molecule has 1 fully saturated rings. The maximum absolute atomic E-state index is 12.6. The molecule has 0 saturated carbocycles. The van der Waals surface area contributed by atoms with Crippen molar-refractivity contribution < 1.29 is 4.79 Å². The molecule has 28 heavy (non-hydrogen) atoms. The van der Waals surface area contributed by atoms with E-state index in [1.165, 1.54) is 5.56 Å². The molecule has 0 spiro atoms. The van der Waals surface area contributed by atoms with E-state index in [2.05, 4.69) is 41.4 Å². The Kier molecular flexibility index (Phi) is 7.78. The molecule has 2 aromatic carbocycles. The van der Waals surface area contributed by atoms with Crippen LogP contribution in [-0.2, 0) is 17.8 Å². The predicted octanol–water partition coefficient (Wildman–Crippen LogP) is 5.34. The number of hydrogen-bond acceptors (Lipinski definition) is 2. The number of hydrogen-bond donors (Lipinski definition) is 1. The summed E-state index contributed by atoms with van der Waals surface area (Å²) < 4.78 is 0. The number of piperidine rings is 1. The second kappa shape index (κ2) is 10.3. The smallest absolute Gasteiger partial charge is 0.223 e. The van der Waals surface area contributed by atoms with E-state index in [9.17, 15) is 4.79 Å². The van der Waals surface area contributed by atoms with Crippen molar-refractivity contribution in [3.05, 3.63) is 69.7 Å². The van der Waals surface area contributed by atoms with E-state index in [1.807, 2.05) is 18.2 Å². The van der Waals surface area contributed by atoms with E-state index in [4.69, 9.17) is 23.2 Å². The third-order valence-corrected chi connectivity index (χ3v) is 6.05. The monoisotopic (exact) mass is 418 g/mol. The van der Waals surface area contributed by atoms with Gasteiger partial charge in [-0.25, -0.2) is 0 Å². The van der Waals surface area contributed by atoms with E-state index >= 15 is 0 Å². The number of nitrogens with one attached hydrogen (secondary N) is 1. The van der Waals surface area contributed by atoms with Crippen LogP contribution in [0.4, 0.5) is 0 Å². The van der Waals surface area contributed by atoms with Crippen LogP contribution in [0.1, 0.15) is 37.3 Å². The predicted molar refractivity (Wildman–Crippen MR) is 117 cm³/mol. The van der Waals surface area contributed by atoms with Crippen molar-refractivity contribution in [1.29, 1.82) is 0 Å². The number of carbonyl (C=O) groups is 1. The number of amides is 1. The normalized spacial score (nSPS) is 16.7. The molecular formula is C23H28Cl2N2O. The fraction of sp³-hybridized carbons (Fsp3) is 0.435. The van der Waals surface area contributed by atoms with Gasteiger partial charge in [-0.2, -0.15) is 0 Å². The number of rotatable bonds is 7. The number of aryl methyl sites for hydroxylation is 1. The van der Waals surface area contributed by atoms with Crippen LogP contribution in [0, 0.1) is 5.92 Å². The van der Waals surface area contributed by atoms with Crippen LogP contribution in [0.5, 0.6) is 0 Å². The molecule has 1 amide bonds. The minimum absolute atomic E-state index is 0.108. The zero-order valence-corrected chi connectivity index (χ0v) is 17.8. The van der Waals surface area contributed by atoms with Crippen molar-refractivity contribution in [1.82, 2.24) is 10.2 Å². The molecule has 2 aromatic rings. The Balaban J connectivity index is 1.40. The maximum atomic E-state index is 12.6. The van der Waals surface area contributed by atoms with Crippen molar-refractivity contribution in [2.75, 3.05) is 13.1 Å². The Morgan fingerprint density at radius 1 is 1.14 bits per heavy atom. The summed E-state index contributed by atoms with van der Waals surface area (Å²) in [6.07, 6.45) is 3.73. The summed E-state index contributed by atoms with van der Waals surface area (Å²) in [4.78, 5) is 15.0. The molecule has 1 aliphatic rings. The van der Waals surface area contributed by atoms with Crippen molar-refractivity contribution in [3.63, 3.8) is 0 Å². The average molecular weight is 419 g/mol. The van der Waals surface area contributed by atoms with Crippen LogP contribution in [-0.4, -0.2) is 29.9 Å². The van der Waals surface area contributed by atoms with Gasteiger partial charge in [0, 0.05) is 28.5 Å². The van der Waals surface area contributed by atoms with E-state index in [1.54, 1.807) is 6.07 Å². The number of likely N-dealkylation sites (tertiary alicyclic amines) is 1. The Hall–Kier alpha value is -1.55. The summed E-state index contributed by atoms with van der Waals surface area (Å²) in [6, 6.07) is 16.3. The van der Waals surface area contributed by atoms with Crippen molar-refractivity contribution in [2.24, 2.45) is 5.92 Å². The molecule has 1 heterocycles. The third-order valence-electron chi connectivity index (χ3n) is 5.46. The number of carbonyl (C=O) groups excluding carboxylic acids is 1. The lowest BCUT2D eigenvalue weighted by Crippen LogP contribution is -2.43. The summed E-state index contributed by atoms with van der Waals surface area (Å²) in [5.41, 5.74) is 2.40. The first-order valence-electron chi connectivity index (χ1n) is 10.0. The molecule has 1 saturated heterocycles. The molecule has 0 radical (unpaired) electrons. The van der Waals surface area contributed by atoms with E-state index in [-0.39, 0.29) is 17.9 Å². The van der Waals surface area contributed by atoms with Crippen LogP contribution in [0.2, 0.25) is 10.0 Å². The highest BCUT2D eigenvalue weighted by Gasteiger charge is 2.26. The quantitative estimate of drug-likeness (QED) is 0.657. The van der Waals surface area contributed by atoms with Crippen LogP contribution in [0.25, 0.3) is 0 Å². The van der Waals surface area contributed by atoms with Gasteiger partial charge in [0.1, 0.15) is 0 Å². The number of halogens is 2. The highest BCUT2D eigenvalue weighted by atomic mass is 35.5. The molecule has 1 N–H and O–H groups in total. The highest BCUT2D eigenvalue weighted by Crippen LogP contribution is 2.25. The lowest BCUT2D eigenvalue weighted by atomic mass is 9.95. The highest BCUT2D eigenvalue weighted by molar-refractivity contribution is 6.35. The topological polar surface area (TPSA) is 32.3 Å². The lowest BCUT2D eigenvalue weighted by Gasteiger charge is -2.32. The van der Waals surface area contributed by atoms with Gasteiger partial charge in [0.15, 0.2) is 0 Å². The second-order valence-corrected chi connectivity index (χ2v) is 8.56. The van der Waals surface area contributed by atoms with Crippen molar-refractivity contribution in [2.45, 2.75) is 45.2 Å². The van der Waals surface area contributed by atoms with Crippen molar-refractivity contribution >= 4 is 29.1 Å². The Bertz CT molecular complexity index is 773. The molecule has 0 aromatic heterocycles. The van der Waals surface area contributed by atoms with Crippen LogP contribution in [0.15, 0.2) is 48.5 Å². The van der Waals surface area contributed by atoms with Crippen LogP contribution < -0.4 is 5.32 Å². The summed E-state index contributed by atoms with van der Waals surface area (Å²) in [6.45, 7) is 4.72. The minimum Gasteiger partial charge on any atom is -0.353 e. The SMILES string of the molecule is C[C@H](CCc1ccccc1)NC(=O)C1CCN(Cc2ccc(Cl)cc2Cl)CC1. The average Bonchev–Trinajstić information content (AvgIpc) is 2.70. The van der Waals surface area contributed by atoms with Gasteiger partial charge in [0.2, 0.25) is 5.91 Å². The molecule has 3 rings (SSSR count). The molecule has 0 unspecified atom stereocenters. The summed E-state index contributed by atoms with van der Waals surface area (Å²) in [5.74, 6) is 0.306. The Labute approximate surface area is 178 Å². The minimum atomic E-state index is 0.108. The van der Waals surface area contributed by atoms with Gasteiger partial charge < -0.3 is 5.32 Å². The van der Waals surface area contributed by atoms with Crippen LogP contribution >= 0.6 is 23.2 Å². The molecular weight excluding hydrogens is 391 g/mol. The second-order valence-electron chi connectivity index (χ2n) is 7.72. The van der Waals surface area contributed by atoms with E-state index in [0.717, 1.165) is 50.9 Å². The first-order valence-corrected chi connectivity index (χ1v) is 10.8. The lowest BCUT2D eigenvalue weighted by molar-refractivity contribution is -0.127. The van der Waals surface area contributed by atoms with Gasteiger partial charge in [0.05, 0.1) is 0 Å². The molecule has 1 aliphatic heterocycles. The maximum Gasteiger partial charge on any atom is 0.223 e. The van der Waals surface area contributed by atoms with Gasteiger partial charge in [-0.1, -0.05) is 59.6 Å². The van der Waals surface area contributed by atoms with Crippen LogP contribution in [0.3, 0.4) is 0 Å². The zero-order chi connectivity index (χ0) is 19.9. The molecule has 0 aliphatic carbocycles. The Morgan fingerprint density at radius 2 is 1.86 bits per heavy atom. The standard InChI is InChI=1S/C23H28Cl2N2O/c1-17(7-8-18-5-3-2-4-6-18)26-23(28)19-11-13-27(14-12-19)16-20-9-10-21(24)15-22(20)25/h2-6,9-10,15,17,19H,7-8,11-14,16H2,1H3,(H,26,28)/t17-/m1/s1. The van der Waals surface area contributed by atoms with Gasteiger partial charge >= 0.3 is 0 Å². The first kappa shape index (κ1) is 21.2. The van der Waals surface area contributed by atoms with Crippen molar-refractivity contribution in [3.8, 4) is 0 Å². The first-order chi connectivity index (χ1) is 13.5.